The first-order valence-electron chi connectivity index (χ1n) is 8.60. The molecule has 5 nitrogen and oxygen atoms in total. The number of para-hydroxylation sites is 2. The van der Waals surface area contributed by atoms with Gasteiger partial charge in [0.15, 0.2) is 0 Å². The molecule has 0 atom stereocenters. The topological polar surface area (TPSA) is 59.9 Å². The van der Waals surface area contributed by atoms with Crippen molar-refractivity contribution in [2.45, 2.75) is 6.61 Å². The summed E-state index contributed by atoms with van der Waals surface area (Å²) in [6.45, 7) is 0.374. The molecule has 0 aromatic heterocycles. The van der Waals surface area contributed by atoms with Crippen molar-refractivity contribution in [1.29, 1.82) is 0 Å². The monoisotopic (exact) mass is 394 g/mol. The van der Waals surface area contributed by atoms with Gasteiger partial charge < -0.3 is 9.47 Å². The van der Waals surface area contributed by atoms with Crippen LogP contribution in [-0.2, 0) is 6.61 Å². The van der Waals surface area contributed by atoms with Gasteiger partial charge in [0.1, 0.15) is 18.1 Å². The van der Waals surface area contributed by atoms with Crippen LogP contribution in [0.25, 0.3) is 0 Å². The Labute approximate surface area is 168 Å². The number of halogens is 1. The second-order valence-corrected chi connectivity index (χ2v) is 6.29. The summed E-state index contributed by atoms with van der Waals surface area (Å²) < 4.78 is 11.1. The van der Waals surface area contributed by atoms with Crippen LogP contribution < -0.4 is 14.9 Å². The first-order chi connectivity index (χ1) is 13.7. The fourth-order valence-electron chi connectivity index (χ4n) is 2.56. The largest absolute Gasteiger partial charge is 0.496 e. The molecule has 0 aliphatic rings. The molecule has 0 radical (unpaired) electrons. The third-order valence-electron chi connectivity index (χ3n) is 3.92. The maximum atomic E-state index is 12.3. The Balaban J connectivity index is 1.66. The van der Waals surface area contributed by atoms with Crippen LogP contribution in [0.5, 0.6) is 11.5 Å². The number of hydrazone groups is 1. The number of methoxy groups -OCH3 is 1. The number of benzene rings is 3. The van der Waals surface area contributed by atoms with Crippen molar-refractivity contribution in [3.8, 4) is 11.5 Å². The molecule has 0 saturated carbocycles. The van der Waals surface area contributed by atoms with E-state index in [4.69, 9.17) is 21.1 Å². The molecule has 0 spiro atoms. The number of hydrogen-bond donors (Lipinski definition) is 1. The lowest BCUT2D eigenvalue weighted by atomic mass is 10.2. The van der Waals surface area contributed by atoms with Gasteiger partial charge in [0.2, 0.25) is 0 Å². The van der Waals surface area contributed by atoms with Crippen LogP contribution in [-0.4, -0.2) is 19.2 Å². The van der Waals surface area contributed by atoms with Crippen molar-refractivity contribution in [3.63, 3.8) is 0 Å². The minimum atomic E-state index is -0.356. The third kappa shape index (κ3) is 5.11. The van der Waals surface area contributed by atoms with Crippen LogP contribution in [0.2, 0.25) is 5.02 Å². The fourth-order valence-corrected chi connectivity index (χ4v) is 2.77. The molecule has 3 aromatic carbocycles. The van der Waals surface area contributed by atoms with Crippen molar-refractivity contribution in [2.75, 3.05) is 7.11 Å². The van der Waals surface area contributed by atoms with E-state index in [9.17, 15) is 4.79 Å². The zero-order valence-corrected chi connectivity index (χ0v) is 16.0. The summed E-state index contributed by atoms with van der Waals surface area (Å²) in [4.78, 5) is 12.3. The van der Waals surface area contributed by atoms with E-state index in [2.05, 4.69) is 10.5 Å². The number of hydrogen-bond acceptors (Lipinski definition) is 4. The molecule has 1 amide bonds. The molecule has 0 aliphatic heterocycles. The highest BCUT2D eigenvalue weighted by atomic mass is 35.5. The van der Waals surface area contributed by atoms with Crippen molar-refractivity contribution < 1.29 is 14.3 Å². The number of rotatable bonds is 7. The first-order valence-corrected chi connectivity index (χ1v) is 8.98. The van der Waals surface area contributed by atoms with Crippen LogP contribution in [0.3, 0.4) is 0 Å². The summed E-state index contributed by atoms with van der Waals surface area (Å²) in [6.07, 6.45) is 1.54. The van der Waals surface area contributed by atoms with E-state index in [1.807, 2.05) is 48.5 Å². The van der Waals surface area contributed by atoms with E-state index in [1.165, 1.54) is 7.11 Å². The highest BCUT2D eigenvalue weighted by molar-refractivity contribution is 6.30. The molecule has 0 unspecified atom stereocenters. The minimum absolute atomic E-state index is 0.356. The quantitative estimate of drug-likeness (QED) is 0.467. The normalized spacial score (nSPS) is 10.6. The zero-order valence-electron chi connectivity index (χ0n) is 15.3. The van der Waals surface area contributed by atoms with Gasteiger partial charge in [-0.1, -0.05) is 48.0 Å². The van der Waals surface area contributed by atoms with Crippen molar-refractivity contribution >= 4 is 23.7 Å². The van der Waals surface area contributed by atoms with Gasteiger partial charge in [-0.25, -0.2) is 5.43 Å². The first kappa shape index (κ1) is 19.5. The minimum Gasteiger partial charge on any atom is -0.496 e. The molecule has 142 valence electrons. The summed E-state index contributed by atoms with van der Waals surface area (Å²) >= 11 is 6.00. The Kier molecular flexibility index (Phi) is 6.65. The number of ether oxygens (including phenoxy) is 2. The second-order valence-electron chi connectivity index (χ2n) is 5.86. The predicted octanol–water partition coefficient (Wildman–Crippen LogP) is 4.69. The van der Waals surface area contributed by atoms with Crippen LogP contribution in [0.1, 0.15) is 21.5 Å². The van der Waals surface area contributed by atoms with Gasteiger partial charge in [0.05, 0.1) is 18.9 Å². The number of amides is 1. The molecule has 3 aromatic rings. The average molecular weight is 395 g/mol. The Bertz CT molecular complexity index is 989. The second kappa shape index (κ2) is 9.58. The van der Waals surface area contributed by atoms with E-state index in [-0.39, 0.29) is 5.91 Å². The van der Waals surface area contributed by atoms with Crippen LogP contribution in [0.15, 0.2) is 77.9 Å². The van der Waals surface area contributed by atoms with Gasteiger partial charge in [0, 0.05) is 10.6 Å². The molecule has 3 rings (SSSR count). The van der Waals surface area contributed by atoms with Crippen molar-refractivity contribution in [3.05, 3.63) is 94.5 Å². The van der Waals surface area contributed by atoms with Gasteiger partial charge in [0.25, 0.3) is 5.91 Å². The van der Waals surface area contributed by atoms with E-state index in [0.29, 0.717) is 28.7 Å². The maximum Gasteiger partial charge on any atom is 0.275 e. The van der Waals surface area contributed by atoms with E-state index in [1.54, 1.807) is 30.5 Å². The standard InChI is InChI=1S/C22H19ClN2O3/c1-27-21-12-5-3-10-19(21)22(26)25-24-14-17-8-2-4-11-20(17)28-15-16-7-6-9-18(23)13-16/h2-14H,15H2,1H3,(H,25,26)/b24-14-. The average Bonchev–Trinajstić information content (AvgIpc) is 2.73. The maximum absolute atomic E-state index is 12.3. The van der Waals surface area contributed by atoms with Crippen LogP contribution in [0.4, 0.5) is 0 Å². The highest BCUT2D eigenvalue weighted by Crippen LogP contribution is 2.19. The van der Waals surface area contributed by atoms with Gasteiger partial charge in [-0.05, 0) is 42.0 Å². The Hall–Kier alpha value is -3.31. The van der Waals surface area contributed by atoms with Crippen molar-refractivity contribution in [2.24, 2.45) is 5.10 Å². The Morgan fingerprint density at radius 2 is 1.79 bits per heavy atom. The number of carbonyl (C=O) groups is 1. The molecule has 6 heteroatoms. The lowest BCUT2D eigenvalue weighted by Gasteiger charge is -2.09. The van der Waals surface area contributed by atoms with E-state index >= 15 is 0 Å². The number of nitrogens with one attached hydrogen (secondary N) is 1. The van der Waals surface area contributed by atoms with Gasteiger partial charge in [-0.15, -0.1) is 0 Å². The highest BCUT2D eigenvalue weighted by Gasteiger charge is 2.10. The lowest BCUT2D eigenvalue weighted by Crippen LogP contribution is -2.18. The molecular formula is C22H19ClN2O3. The van der Waals surface area contributed by atoms with Crippen LogP contribution >= 0.6 is 11.6 Å². The summed E-state index contributed by atoms with van der Waals surface area (Å²) in [7, 11) is 1.52. The molecule has 0 fully saturated rings. The van der Waals surface area contributed by atoms with E-state index in [0.717, 1.165) is 11.1 Å². The predicted molar refractivity (Wildman–Crippen MR) is 110 cm³/mol. The summed E-state index contributed by atoms with van der Waals surface area (Å²) in [6, 6.07) is 21.9. The van der Waals surface area contributed by atoms with Gasteiger partial charge >= 0.3 is 0 Å². The fraction of sp³-hybridized carbons (Fsp3) is 0.0909. The summed E-state index contributed by atoms with van der Waals surface area (Å²) in [5, 5.41) is 4.70. The summed E-state index contributed by atoms with van der Waals surface area (Å²) in [5.74, 6) is 0.782. The van der Waals surface area contributed by atoms with Crippen molar-refractivity contribution in [1.82, 2.24) is 5.43 Å². The Morgan fingerprint density at radius 3 is 2.57 bits per heavy atom. The molecule has 1 N–H and O–H groups in total. The summed E-state index contributed by atoms with van der Waals surface area (Å²) in [5.41, 5.74) is 4.62. The van der Waals surface area contributed by atoms with E-state index < -0.39 is 0 Å². The molecule has 0 saturated heterocycles. The molecule has 0 aliphatic carbocycles. The van der Waals surface area contributed by atoms with Gasteiger partial charge in [-0.3, -0.25) is 4.79 Å². The zero-order chi connectivity index (χ0) is 19.8. The Morgan fingerprint density at radius 1 is 1.04 bits per heavy atom. The van der Waals surface area contributed by atoms with Crippen LogP contribution in [0, 0.1) is 0 Å². The number of nitrogens with zero attached hydrogens (tertiary/aromatic N) is 1. The molecule has 0 heterocycles. The van der Waals surface area contributed by atoms with Gasteiger partial charge in [-0.2, -0.15) is 5.10 Å². The lowest BCUT2D eigenvalue weighted by molar-refractivity contribution is 0.0952. The molecule has 28 heavy (non-hydrogen) atoms. The third-order valence-corrected chi connectivity index (χ3v) is 4.16. The smallest absolute Gasteiger partial charge is 0.275 e. The SMILES string of the molecule is COc1ccccc1C(=O)N/N=C\c1ccccc1OCc1cccc(Cl)c1. The molecule has 0 bridgehead atoms. The number of carbonyl (C=O) groups excluding carboxylic acids is 1. The molecular weight excluding hydrogens is 376 g/mol.